The molecule has 6 rings (SSSR count). The lowest BCUT2D eigenvalue weighted by molar-refractivity contribution is -0.384. The Morgan fingerprint density at radius 3 is 2.55 bits per heavy atom. The third-order valence-electron chi connectivity index (χ3n) is 7.05. The van der Waals surface area contributed by atoms with E-state index in [0.29, 0.717) is 23.8 Å². The number of halogens is 1. The largest absolute Gasteiger partial charge is 0.453 e. The highest BCUT2D eigenvalue weighted by molar-refractivity contribution is 9.10. The number of carbonyl (C=O) groups excluding carboxylic acids is 1. The van der Waals surface area contributed by atoms with E-state index in [4.69, 9.17) is 9.15 Å². The van der Waals surface area contributed by atoms with Crippen molar-refractivity contribution in [1.82, 2.24) is 10.2 Å². The van der Waals surface area contributed by atoms with E-state index >= 15 is 0 Å². The summed E-state index contributed by atoms with van der Waals surface area (Å²) in [6.45, 7) is 1.72. The smallest absolute Gasteiger partial charge is 0.307 e. The Balaban J connectivity index is 1.23. The first kappa shape index (κ1) is 20.6. The highest BCUT2D eigenvalue weighted by Crippen LogP contribution is 2.65. The maximum atomic E-state index is 12.8. The third kappa shape index (κ3) is 4.00. The topological polar surface area (TPSA) is 108 Å². The standard InChI is InChI=1S/C22H24BrN3O5/c1-13(19-24-25-20(31-19)16-2-4-17(5-3-16)26(28)29)30-18(27)11-21-7-14-6-15(8-21)10-22(23,9-14)12-21/h2-5,13-15H,6-12H2,1H3/t13-,14+,15+,21?,22?/m0/s1. The van der Waals surface area contributed by atoms with Crippen molar-refractivity contribution in [2.45, 2.75) is 62.3 Å². The molecule has 9 heteroatoms. The van der Waals surface area contributed by atoms with Gasteiger partial charge in [0.05, 0.1) is 11.3 Å². The van der Waals surface area contributed by atoms with E-state index in [1.165, 1.54) is 31.4 Å². The highest BCUT2D eigenvalue weighted by atomic mass is 79.9. The predicted molar refractivity (Wildman–Crippen MR) is 114 cm³/mol. The second-order valence-electron chi connectivity index (χ2n) is 9.67. The molecule has 4 aliphatic rings. The lowest BCUT2D eigenvalue weighted by Crippen LogP contribution is -2.53. The van der Waals surface area contributed by atoms with Gasteiger partial charge in [0.25, 0.3) is 11.6 Å². The van der Waals surface area contributed by atoms with Crippen LogP contribution in [0.25, 0.3) is 11.5 Å². The van der Waals surface area contributed by atoms with Crippen LogP contribution in [0, 0.1) is 27.4 Å². The maximum absolute atomic E-state index is 12.8. The zero-order valence-corrected chi connectivity index (χ0v) is 18.8. The molecule has 0 spiro atoms. The Morgan fingerprint density at radius 2 is 1.94 bits per heavy atom. The van der Waals surface area contributed by atoms with Crippen molar-refractivity contribution < 1.29 is 18.9 Å². The molecule has 0 radical (unpaired) electrons. The molecular weight excluding hydrogens is 466 g/mol. The number of alkyl halides is 1. The molecule has 31 heavy (non-hydrogen) atoms. The fourth-order valence-electron chi connectivity index (χ4n) is 6.38. The van der Waals surface area contributed by atoms with Crippen LogP contribution in [0.2, 0.25) is 0 Å². The summed E-state index contributed by atoms with van der Waals surface area (Å²) in [5.41, 5.74) is 0.600. The monoisotopic (exact) mass is 489 g/mol. The van der Waals surface area contributed by atoms with E-state index in [9.17, 15) is 14.9 Å². The van der Waals surface area contributed by atoms with Gasteiger partial charge in [0, 0.05) is 22.0 Å². The van der Waals surface area contributed by atoms with E-state index in [1.54, 1.807) is 19.1 Å². The Kier molecular flexibility index (Phi) is 4.91. The molecule has 3 atom stereocenters. The Morgan fingerprint density at radius 1 is 1.26 bits per heavy atom. The number of nitro benzene ring substituents is 1. The third-order valence-corrected chi connectivity index (χ3v) is 7.98. The van der Waals surface area contributed by atoms with Crippen LogP contribution in [-0.4, -0.2) is 25.4 Å². The molecule has 1 heterocycles. The summed E-state index contributed by atoms with van der Waals surface area (Å²) < 4.78 is 11.5. The van der Waals surface area contributed by atoms with Gasteiger partial charge in [-0.2, -0.15) is 0 Å². The van der Waals surface area contributed by atoms with Crippen LogP contribution in [0.15, 0.2) is 28.7 Å². The van der Waals surface area contributed by atoms with Crippen molar-refractivity contribution in [2.75, 3.05) is 0 Å². The van der Waals surface area contributed by atoms with Crippen molar-refractivity contribution >= 4 is 27.6 Å². The van der Waals surface area contributed by atoms with Crippen LogP contribution in [0.4, 0.5) is 5.69 Å². The Hall–Kier alpha value is -2.29. The number of nitro groups is 1. The van der Waals surface area contributed by atoms with Crippen molar-refractivity contribution in [3.05, 3.63) is 40.3 Å². The highest BCUT2D eigenvalue weighted by Gasteiger charge is 2.57. The van der Waals surface area contributed by atoms with Gasteiger partial charge in [0.15, 0.2) is 6.10 Å². The van der Waals surface area contributed by atoms with E-state index < -0.39 is 11.0 Å². The van der Waals surface area contributed by atoms with Gasteiger partial charge in [-0.25, -0.2) is 0 Å². The summed E-state index contributed by atoms with van der Waals surface area (Å²) in [5.74, 6) is 1.65. The second-order valence-corrected chi connectivity index (χ2v) is 11.4. The molecule has 164 valence electrons. The number of hydrogen-bond acceptors (Lipinski definition) is 7. The quantitative estimate of drug-likeness (QED) is 0.232. The van der Waals surface area contributed by atoms with E-state index in [0.717, 1.165) is 19.3 Å². The first-order valence-electron chi connectivity index (χ1n) is 10.7. The van der Waals surface area contributed by atoms with Crippen molar-refractivity contribution in [1.29, 1.82) is 0 Å². The van der Waals surface area contributed by atoms with Gasteiger partial charge in [0.1, 0.15) is 0 Å². The molecule has 0 saturated heterocycles. The summed E-state index contributed by atoms with van der Waals surface area (Å²) in [5, 5.41) is 18.8. The molecule has 2 aromatic rings. The zero-order chi connectivity index (χ0) is 21.8. The van der Waals surface area contributed by atoms with Gasteiger partial charge in [-0.05, 0) is 74.8 Å². The minimum Gasteiger partial charge on any atom is -0.453 e. The zero-order valence-electron chi connectivity index (χ0n) is 17.3. The van der Waals surface area contributed by atoms with Crippen LogP contribution in [0.3, 0.4) is 0 Å². The van der Waals surface area contributed by atoms with Crippen LogP contribution >= 0.6 is 15.9 Å². The average Bonchev–Trinajstić information content (AvgIpc) is 3.16. The molecular formula is C22H24BrN3O5. The molecule has 0 unspecified atom stereocenters. The normalized spacial score (nSPS) is 32.1. The number of nitrogens with zero attached hydrogens (tertiary/aromatic N) is 3. The summed E-state index contributed by atoms with van der Waals surface area (Å²) in [6.07, 6.45) is 6.81. The summed E-state index contributed by atoms with van der Waals surface area (Å²) >= 11 is 3.98. The summed E-state index contributed by atoms with van der Waals surface area (Å²) in [4.78, 5) is 23.1. The first-order valence-corrected chi connectivity index (χ1v) is 11.5. The molecule has 8 nitrogen and oxygen atoms in total. The molecule has 1 aromatic heterocycles. The molecule has 0 amide bonds. The van der Waals surface area contributed by atoms with E-state index in [-0.39, 0.29) is 33.2 Å². The predicted octanol–water partition coefficient (Wildman–Crippen LogP) is 5.37. The first-order chi connectivity index (χ1) is 14.7. The van der Waals surface area contributed by atoms with Gasteiger partial charge >= 0.3 is 5.97 Å². The van der Waals surface area contributed by atoms with Crippen LogP contribution in [0.1, 0.15) is 63.9 Å². The molecule has 0 aliphatic heterocycles. The van der Waals surface area contributed by atoms with Crippen LogP contribution in [0.5, 0.6) is 0 Å². The lowest BCUT2D eigenvalue weighted by atomic mass is 9.49. The summed E-state index contributed by atoms with van der Waals surface area (Å²) in [7, 11) is 0. The number of esters is 1. The van der Waals surface area contributed by atoms with Gasteiger partial charge in [0.2, 0.25) is 5.89 Å². The number of rotatable bonds is 6. The van der Waals surface area contributed by atoms with Gasteiger partial charge in [-0.3, -0.25) is 14.9 Å². The molecule has 4 bridgehead atoms. The fraction of sp³-hybridized carbons (Fsp3) is 0.591. The average molecular weight is 490 g/mol. The number of aromatic nitrogens is 2. The lowest BCUT2D eigenvalue weighted by Gasteiger charge is -2.60. The maximum Gasteiger partial charge on any atom is 0.307 e. The second kappa shape index (κ2) is 7.39. The number of carbonyl (C=O) groups is 1. The van der Waals surface area contributed by atoms with Gasteiger partial charge in [-0.1, -0.05) is 15.9 Å². The van der Waals surface area contributed by atoms with Crippen molar-refractivity contribution in [3.8, 4) is 11.5 Å². The number of hydrogen-bond donors (Lipinski definition) is 0. The van der Waals surface area contributed by atoms with Crippen LogP contribution < -0.4 is 0 Å². The Labute approximate surface area is 188 Å². The number of ether oxygens (including phenoxy) is 1. The van der Waals surface area contributed by atoms with Crippen LogP contribution in [-0.2, 0) is 9.53 Å². The minimum atomic E-state index is -0.654. The summed E-state index contributed by atoms with van der Waals surface area (Å²) in [6, 6.07) is 5.86. The van der Waals surface area contributed by atoms with Gasteiger partial charge in [-0.15, -0.1) is 10.2 Å². The molecule has 4 aliphatic carbocycles. The Bertz CT molecular complexity index is 1010. The molecule has 4 fully saturated rings. The van der Waals surface area contributed by atoms with Crippen molar-refractivity contribution in [3.63, 3.8) is 0 Å². The molecule has 0 N–H and O–H groups in total. The van der Waals surface area contributed by atoms with Crippen molar-refractivity contribution in [2.24, 2.45) is 17.3 Å². The number of non-ortho nitro benzene ring substituents is 1. The fourth-order valence-corrected chi connectivity index (χ4v) is 7.89. The van der Waals surface area contributed by atoms with Gasteiger partial charge < -0.3 is 9.15 Å². The van der Waals surface area contributed by atoms with E-state index in [2.05, 4.69) is 26.1 Å². The SMILES string of the molecule is C[C@H](OC(=O)CC12C[C@H]3C[C@@H](CC(Br)(C3)C1)C2)c1nnc(-c2ccc([N+](=O)[O-])cc2)o1. The minimum absolute atomic E-state index is 0.0132. The molecule has 4 saturated carbocycles. The molecule has 1 aromatic carbocycles. The van der Waals surface area contributed by atoms with E-state index in [1.807, 2.05) is 0 Å². The number of benzene rings is 1.